The van der Waals surface area contributed by atoms with Crippen LogP contribution in [0.2, 0.25) is 0 Å². The number of imidazole rings is 1. The zero-order chi connectivity index (χ0) is 17.4. The Morgan fingerprint density at radius 2 is 1.76 bits per heavy atom. The van der Waals surface area contributed by atoms with Crippen molar-refractivity contribution in [1.29, 1.82) is 0 Å². The van der Waals surface area contributed by atoms with Crippen molar-refractivity contribution >= 4 is 21.8 Å². The van der Waals surface area contributed by atoms with Crippen LogP contribution in [0, 0.1) is 0 Å². The molecule has 4 rings (SSSR count). The molecule has 0 N–H and O–H groups in total. The number of para-hydroxylation sites is 2. The lowest BCUT2D eigenvalue weighted by molar-refractivity contribution is 0.415. The van der Waals surface area contributed by atoms with Crippen LogP contribution >= 0.6 is 0 Å². The standard InChI is InChI=1S/C22H22N2O/c1-4-24-21-8-6-5-7-20(21)23-22(24)15(2)16-9-10-18-14-19(25-3)12-11-17(18)13-16/h5-15H,4H2,1-3H3. The molecule has 0 saturated heterocycles. The number of aryl methyl sites for hydroxylation is 1. The number of hydrogen-bond donors (Lipinski definition) is 0. The van der Waals surface area contributed by atoms with Crippen molar-refractivity contribution in [2.24, 2.45) is 0 Å². The van der Waals surface area contributed by atoms with Crippen LogP contribution in [0.15, 0.2) is 60.7 Å². The zero-order valence-corrected chi connectivity index (χ0v) is 14.9. The minimum absolute atomic E-state index is 0.235. The summed E-state index contributed by atoms with van der Waals surface area (Å²) >= 11 is 0. The second kappa shape index (κ2) is 6.25. The Hall–Kier alpha value is -2.81. The number of nitrogens with zero attached hydrogens (tertiary/aromatic N) is 2. The van der Waals surface area contributed by atoms with Crippen LogP contribution < -0.4 is 4.74 Å². The van der Waals surface area contributed by atoms with E-state index in [0.29, 0.717) is 0 Å². The number of aromatic nitrogens is 2. The monoisotopic (exact) mass is 330 g/mol. The molecule has 0 radical (unpaired) electrons. The molecule has 1 atom stereocenters. The average molecular weight is 330 g/mol. The van der Waals surface area contributed by atoms with Gasteiger partial charge < -0.3 is 9.30 Å². The van der Waals surface area contributed by atoms with Crippen LogP contribution in [-0.2, 0) is 6.54 Å². The first-order valence-corrected chi connectivity index (χ1v) is 8.74. The molecule has 1 heterocycles. The molecule has 0 spiro atoms. The molecule has 3 nitrogen and oxygen atoms in total. The second-order valence-electron chi connectivity index (χ2n) is 6.40. The van der Waals surface area contributed by atoms with Gasteiger partial charge in [-0.25, -0.2) is 4.98 Å². The van der Waals surface area contributed by atoms with Gasteiger partial charge in [0.1, 0.15) is 11.6 Å². The third-order valence-corrected chi connectivity index (χ3v) is 4.96. The van der Waals surface area contributed by atoms with Crippen LogP contribution in [-0.4, -0.2) is 16.7 Å². The maximum Gasteiger partial charge on any atom is 0.119 e. The van der Waals surface area contributed by atoms with Crippen molar-refractivity contribution < 1.29 is 4.74 Å². The van der Waals surface area contributed by atoms with E-state index in [1.54, 1.807) is 7.11 Å². The van der Waals surface area contributed by atoms with Crippen LogP contribution in [0.25, 0.3) is 21.8 Å². The lowest BCUT2D eigenvalue weighted by Crippen LogP contribution is -2.07. The summed E-state index contributed by atoms with van der Waals surface area (Å²) in [6, 6.07) is 21.2. The molecular formula is C22H22N2O. The Morgan fingerprint density at radius 1 is 1.00 bits per heavy atom. The van der Waals surface area contributed by atoms with Crippen molar-refractivity contribution in [2.75, 3.05) is 7.11 Å². The topological polar surface area (TPSA) is 27.1 Å². The van der Waals surface area contributed by atoms with Crippen LogP contribution in [0.1, 0.15) is 31.2 Å². The van der Waals surface area contributed by atoms with Crippen LogP contribution in [0.4, 0.5) is 0 Å². The van der Waals surface area contributed by atoms with E-state index < -0.39 is 0 Å². The first kappa shape index (κ1) is 15.7. The molecule has 0 aliphatic rings. The molecule has 0 fully saturated rings. The molecule has 1 unspecified atom stereocenters. The average Bonchev–Trinajstić information content (AvgIpc) is 3.05. The summed E-state index contributed by atoms with van der Waals surface area (Å²) in [7, 11) is 1.70. The van der Waals surface area contributed by atoms with Gasteiger partial charge in [-0.3, -0.25) is 0 Å². The highest BCUT2D eigenvalue weighted by Gasteiger charge is 2.17. The van der Waals surface area contributed by atoms with Crippen molar-refractivity contribution in [3.63, 3.8) is 0 Å². The molecule has 0 bridgehead atoms. The first-order chi connectivity index (χ1) is 12.2. The molecule has 3 aromatic carbocycles. The fourth-order valence-electron chi connectivity index (χ4n) is 3.54. The van der Waals surface area contributed by atoms with Crippen molar-refractivity contribution in [1.82, 2.24) is 9.55 Å². The molecule has 0 aliphatic heterocycles. The summed E-state index contributed by atoms with van der Waals surface area (Å²) in [5, 5.41) is 2.42. The number of ether oxygens (including phenoxy) is 1. The lowest BCUT2D eigenvalue weighted by atomic mass is 9.97. The maximum atomic E-state index is 5.32. The van der Waals surface area contributed by atoms with Crippen molar-refractivity contribution in [3.8, 4) is 5.75 Å². The summed E-state index contributed by atoms with van der Waals surface area (Å²) in [5.41, 5.74) is 3.55. The van der Waals surface area contributed by atoms with Gasteiger partial charge in [-0.05, 0) is 47.5 Å². The fourth-order valence-corrected chi connectivity index (χ4v) is 3.54. The van der Waals surface area contributed by atoms with Gasteiger partial charge in [-0.15, -0.1) is 0 Å². The fraction of sp³-hybridized carbons (Fsp3) is 0.227. The summed E-state index contributed by atoms with van der Waals surface area (Å²) in [6.07, 6.45) is 0. The summed E-state index contributed by atoms with van der Waals surface area (Å²) in [4.78, 5) is 4.91. The van der Waals surface area contributed by atoms with Gasteiger partial charge in [-0.1, -0.05) is 43.3 Å². The quantitative estimate of drug-likeness (QED) is 0.503. The maximum absolute atomic E-state index is 5.32. The Kier molecular flexibility index (Phi) is 3.92. The molecular weight excluding hydrogens is 308 g/mol. The van der Waals surface area contributed by atoms with Gasteiger partial charge in [0.05, 0.1) is 18.1 Å². The molecule has 1 aromatic heterocycles. The van der Waals surface area contributed by atoms with E-state index in [1.807, 2.05) is 12.1 Å². The van der Waals surface area contributed by atoms with Gasteiger partial charge in [-0.2, -0.15) is 0 Å². The normalized spacial score (nSPS) is 12.6. The van der Waals surface area contributed by atoms with E-state index in [2.05, 4.69) is 66.9 Å². The highest BCUT2D eigenvalue weighted by molar-refractivity contribution is 5.85. The highest BCUT2D eigenvalue weighted by atomic mass is 16.5. The summed E-state index contributed by atoms with van der Waals surface area (Å²) in [5.74, 6) is 2.25. The molecule has 0 amide bonds. The van der Waals surface area contributed by atoms with Gasteiger partial charge in [0.2, 0.25) is 0 Å². The third kappa shape index (κ3) is 2.66. The zero-order valence-electron chi connectivity index (χ0n) is 14.9. The summed E-state index contributed by atoms with van der Waals surface area (Å²) < 4.78 is 7.64. The van der Waals surface area contributed by atoms with E-state index >= 15 is 0 Å². The van der Waals surface area contributed by atoms with Crippen LogP contribution in [0.5, 0.6) is 5.75 Å². The van der Waals surface area contributed by atoms with Gasteiger partial charge in [0.25, 0.3) is 0 Å². The van der Waals surface area contributed by atoms with E-state index in [9.17, 15) is 0 Å². The Labute approximate surface area is 147 Å². The largest absolute Gasteiger partial charge is 0.497 e. The molecule has 4 aromatic rings. The first-order valence-electron chi connectivity index (χ1n) is 8.74. The number of benzene rings is 3. The summed E-state index contributed by atoms with van der Waals surface area (Å²) in [6.45, 7) is 5.33. The van der Waals surface area contributed by atoms with E-state index in [-0.39, 0.29) is 5.92 Å². The Balaban J connectivity index is 1.80. The molecule has 0 saturated carbocycles. The predicted octanol–water partition coefficient (Wildman–Crippen LogP) is 5.37. The van der Waals surface area contributed by atoms with Crippen molar-refractivity contribution in [3.05, 3.63) is 72.1 Å². The van der Waals surface area contributed by atoms with E-state index in [4.69, 9.17) is 9.72 Å². The van der Waals surface area contributed by atoms with E-state index in [1.165, 1.54) is 21.9 Å². The highest BCUT2D eigenvalue weighted by Crippen LogP contribution is 2.30. The van der Waals surface area contributed by atoms with E-state index in [0.717, 1.165) is 23.6 Å². The van der Waals surface area contributed by atoms with Gasteiger partial charge >= 0.3 is 0 Å². The number of rotatable bonds is 4. The van der Waals surface area contributed by atoms with Crippen molar-refractivity contribution in [2.45, 2.75) is 26.3 Å². The lowest BCUT2D eigenvalue weighted by Gasteiger charge is -2.15. The smallest absolute Gasteiger partial charge is 0.119 e. The Bertz CT molecular complexity index is 1050. The Morgan fingerprint density at radius 3 is 2.56 bits per heavy atom. The molecule has 25 heavy (non-hydrogen) atoms. The number of methoxy groups -OCH3 is 1. The molecule has 3 heteroatoms. The van der Waals surface area contributed by atoms with Gasteiger partial charge in [0.15, 0.2) is 0 Å². The predicted molar refractivity (Wildman–Crippen MR) is 103 cm³/mol. The molecule has 0 aliphatic carbocycles. The molecule has 126 valence electrons. The number of hydrogen-bond acceptors (Lipinski definition) is 2. The SMILES string of the molecule is CCn1c(C(C)c2ccc3cc(OC)ccc3c2)nc2ccccc21. The number of fused-ring (bicyclic) bond motifs is 2. The minimum Gasteiger partial charge on any atom is -0.497 e. The van der Waals surface area contributed by atoms with Crippen LogP contribution in [0.3, 0.4) is 0 Å². The third-order valence-electron chi connectivity index (χ3n) is 4.96. The second-order valence-corrected chi connectivity index (χ2v) is 6.40. The van der Waals surface area contributed by atoms with Gasteiger partial charge in [0, 0.05) is 12.5 Å². The minimum atomic E-state index is 0.235.